The first kappa shape index (κ1) is 20.6. The third-order valence-corrected chi connectivity index (χ3v) is 5.07. The Labute approximate surface area is 184 Å². The lowest BCUT2D eigenvalue weighted by molar-refractivity contribution is -0.115. The molecule has 0 bridgehead atoms. The first-order valence-electron chi connectivity index (χ1n) is 9.66. The van der Waals surface area contributed by atoms with Crippen LogP contribution in [0, 0.1) is 6.92 Å². The highest BCUT2D eigenvalue weighted by atomic mass is 35.5. The van der Waals surface area contributed by atoms with Gasteiger partial charge in [0.05, 0.1) is 28.9 Å². The van der Waals surface area contributed by atoms with Crippen LogP contribution >= 0.6 is 11.6 Å². The Hall–Kier alpha value is -3.71. The predicted molar refractivity (Wildman–Crippen MR) is 121 cm³/mol. The van der Waals surface area contributed by atoms with E-state index in [1.807, 2.05) is 37.3 Å². The largest absolute Gasteiger partial charge is 0.343 e. The predicted octanol–water partition coefficient (Wildman–Crippen LogP) is 3.97. The van der Waals surface area contributed by atoms with Gasteiger partial charge in [-0.1, -0.05) is 41.9 Å². The van der Waals surface area contributed by atoms with Crippen molar-refractivity contribution in [3.8, 4) is 11.3 Å². The molecule has 0 saturated heterocycles. The van der Waals surface area contributed by atoms with Gasteiger partial charge in [0, 0.05) is 23.3 Å². The van der Waals surface area contributed by atoms with Crippen LogP contribution in [0.5, 0.6) is 0 Å². The molecule has 4 rings (SSSR count). The van der Waals surface area contributed by atoms with Gasteiger partial charge in [0.2, 0.25) is 5.91 Å². The number of carbonyl (C=O) groups is 2. The normalized spacial score (nSPS) is 10.8. The number of hydrogen-bond donors (Lipinski definition) is 2. The fourth-order valence-electron chi connectivity index (χ4n) is 3.37. The van der Waals surface area contributed by atoms with Crippen LogP contribution in [0.2, 0.25) is 5.02 Å². The number of anilines is 1. The van der Waals surface area contributed by atoms with E-state index in [0.29, 0.717) is 38.7 Å². The van der Waals surface area contributed by atoms with Gasteiger partial charge in [-0.2, -0.15) is 5.10 Å². The molecule has 8 heteroatoms. The molecular formula is C23H20ClN5O2. The molecule has 0 spiro atoms. The van der Waals surface area contributed by atoms with Gasteiger partial charge in [-0.05, 0) is 37.3 Å². The number of halogens is 1. The second-order valence-corrected chi connectivity index (χ2v) is 7.50. The number of nitrogens with zero attached hydrogens (tertiary/aromatic N) is 3. The van der Waals surface area contributed by atoms with Gasteiger partial charge >= 0.3 is 0 Å². The number of carbonyl (C=O) groups excluding carboxylic acids is 2. The Kier molecular flexibility index (Phi) is 5.68. The zero-order valence-electron chi connectivity index (χ0n) is 17.0. The number of fused-ring (bicyclic) bond motifs is 1. The molecule has 0 saturated carbocycles. The van der Waals surface area contributed by atoms with Gasteiger partial charge in [-0.25, -0.2) is 4.98 Å². The Morgan fingerprint density at radius 1 is 1.06 bits per heavy atom. The van der Waals surface area contributed by atoms with Crippen molar-refractivity contribution in [3.63, 3.8) is 0 Å². The van der Waals surface area contributed by atoms with E-state index in [-0.39, 0.29) is 18.4 Å². The zero-order valence-corrected chi connectivity index (χ0v) is 17.8. The molecular weight excluding hydrogens is 414 g/mol. The van der Waals surface area contributed by atoms with Crippen LogP contribution in [-0.4, -0.2) is 33.1 Å². The first-order valence-corrected chi connectivity index (χ1v) is 10.0. The summed E-state index contributed by atoms with van der Waals surface area (Å²) in [4.78, 5) is 30.0. The molecule has 0 aliphatic heterocycles. The first-order chi connectivity index (χ1) is 14.9. The molecule has 2 N–H and O–H groups in total. The second kappa shape index (κ2) is 8.57. The second-order valence-electron chi connectivity index (χ2n) is 7.07. The maximum Gasteiger partial charge on any atom is 0.252 e. The van der Waals surface area contributed by atoms with E-state index in [4.69, 9.17) is 16.6 Å². The number of aromatic nitrogens is 3. The maximum absolute atomic E-state index is 13.0. The highest BCUT2D eigenvalue weighted by molar-refractivity contribution is 6.30. The number of pyridine rings is 1. The van der Waals surface area contributed by atoms with Crippen LogP contribution in [0.25, 0.3) is 22.3 Å². The molecule has 0 aliphatic carbocycles. The molecule has 7 nitrogen and oxygen atoms in total. The lowest BCUT2D eigenvalue weighted by Crippen LogP contribution is -2.33. The Morgan fingerprint density at radius 3 is 2.48 bits per heavy atom. The van der Waals surface area contributed by atoms with E-state index in [2.05, 4.69) is 15.7 Å². The van der Waals surface area contributed by atoms with Gasteiger partial charge in [-0.3, -0.25) is 14.3 Å². The minimum absolute atomic E-state index is 0.175. The van der Waals surface area contributed by atoms with E-state index in [9.17, 15) is 9.59 Å². The molecule has 31 heavy (non-hydrogen) atoms. The fraction of sp³-hybridized carbons (Fsp3) is 0.130. The number of rotatable bonds is 5. The Balaban J connectivity index is 1.59. The van der Waals surface area contributed by atoms with E-state index in [0.717, 1.165) is 5.56 Å². The van der Waals surface area contributed by atoms with Gasteiger partial charge in [-0.15, -0.1) is 0 Å². The smallest absolute Gasteiger partial charge is 0.252 e. The van der Waals surface area contributed by atoms with Crippen molar-refractivity contribution in [2.24, 2.45) is 7.05 Å². The van der Waals surface area contributed by atoms with Gasteiger partial charge in [0.1, 0.15) is 0 Å². The zero-order chi connectivity index (χ0) is 22.0. The van der Waals surface area contributed by atoms with Crippen molar-refractivity contribution in [1.82, 2.24) is 20.1 Å². The number of nitrogens with one attached hydrogen (secondary N) is 2. The average Bonchev–Trinajstić information content (AvgIpc) is 3.07. The van der Waals surface area contributed by atoms with E-state index in [1.165, 1.54) is 0 Å². The SMILES string of the molecule is Cc1nn(C)c2nc(-c3ccccc3)cc(C(=O)NCC(=O)Nc3ccc(Cl)cc3)c12. The highest BCUT2D eigenvalue weighted by Gasteiger charge is 2.19. The lowest BCUT2D eigenvalue weighted by Gasteiger charge is -2.10. The van der Waals surface area contributed by atoms with Crippen molar-refractivity contribution in [2.45, 2.75) is 6.92 Å². The van der Waals surface area contributed by atoms with Crippen LogP contribution in [0.1, 0.15) is 16.1 Å². The van der Waals surface area contributed by atoms with Crippen LogP contribution in [0.3, 0.4) is 0 Å². The molecule has 0 atom stereocenters. The summed E-state index contributed by atoms with van der Waals surface area (Å²) in [5.74, 6) is -0.709. The van der Waals surface area contributed by atoms with Crippen molar-refractivity contribution >= 4 is 40.1 Å². The van der Waals surface area contributed by atoms with Crippen LogP contribution in [0.4, 0.5) is 5.69 Å². The van der Waals surface area contributed by atoms with Crippen LogP contribution in [0.15, 0.2) is 60.7 Å². The molecule has 2 heterocycles. The Bertz CT molecular complexity index is 1270. The molecule has 156 valence electrons. The fourth-order valence-corrected chi connectivity index (χ4v) is 3.50. The minimum Gasteiger partial charge on any atom is -0.343 e. The summed E-state index contributed by atoms with van der Waals surface area (Å²) >= 11 is 5.86. The van der Waals surface area contributed by atoms with Crippen molar-refractivity contribution in [3.05, 3.63) is 76.9 Å². The summed E-state index contributed by atoms with van der Waals surface area (Å²) in [5, 5.41) is 11.1. The lowest BCUT2D eigenvalue weighted by atomic mass is 10.0. The average molecular weight is 434 g/mol. The summed E-state index contributed by atoms with van der Waals surface area (Å²) in [6.07, 6.45) is 0. The molecule has 0 fully saturated rings. The summed E-state index contributed by atoms with van der Waals surface area (Å²) in [5.41, 5.74) is 3.87. The summed E-state index contributed by atoms with van der Waals surface area (Å²) < 4.78 is 1.65. The molecule has 2 aromatic carbocycles. The third kappa shape index (κ3) is 4.41. The van der Waals surface area contributed by atoms with Gasteiger partial charge in [0.25, 0.3) is 5.91 Å². The summed E-state index contributed by atoms with van der Waals surface area (Å²) in [7, 11) is 1.79. The molecule has 0 unspecified atom stereocenters. The van der Waals surface area contributed by atoms with Crippen molar-refractivity contribution in [1.29, 1.82) is 0 Å². The van der Waals surface area contributed by atoms with Gasteiger partial charge in [0.15, 0.2) is 5.65 Å². The third-order valence-electron chi connectivity index (χ3n) is 4.82. The molecule has 2 amide bonds. The molecule has 2 aromatic heterocycles. The minimum atomic E-state index is -0.369. The maximum atomic E-state index is 13.0. The molecule has 0 radical (unpaired) electrons. The van der Waals surface area contributed by atoms with Crippen molar-refractivity contribution < 1.29 is 9.59 Å². The number of amides is 2. The van der Waals surface area contributed by atoms with Gasteiger partial charge < -0.3 is 10.6 Å². The molecule has 0 aliphatic rings. The quantitative estimate of drug-likeness (QED) is 0.498. The number of aryl methyl sites for hydroxylation is 2. The summed E-state index contributed by atoms with van der Waals surface area (Å²) in [6, 6.07) is 18.1. The summed E-state index contributed by atoms with van der Waals surface area (Å²) in [6.45, 7) is 1.65. The standard InChI is InChI=1S/C23H20ClN5O2/c1-14-21-18(23(31)25-13-20(30)26-17-10-8-16(24)9-11-17)12-19(15-6-4-3-5-7-15)27-22(21)29(2)28-14/h3-12H,13H2,1-2H3,(H,25,31)(H,26,30). The van der Waals surface area contributed by atoms with E-state index < -0.39 is 0 Å². The van der Waals surface area contributed by atoms with E-state index >= 15 is 0 Å². The number of benzene rings is 2. The highest BCUT2D eigenvalue weighted by Crippen LogP contribution is 2.26. The number of hydrogen-bond acceptors (Lipinski definition) is 4. The molecule has 4 aromatic rings. The van der Waals surface area contributed by atoms with E-state index in [1.54, 1.807) is 42.1 Å². The van der Waals surface area contributed by atoms with Crippen LogP contribution in [-0.2, 0) is 11.8 Å². The topological polar surface area (TPSA) is 88.9 Å². The monoisotopic (exact) mass is 433 g/mol. The Morgan fingerprint density at radius 2 is 1.77 bits per heavy atom. The van der Waals surface area contributed by atoms with Crippen molar-refractivity contribution in [2.75, 3.05) is 11.9 Å². The van der Waals surface area contributed by atoms with Crippen LogP contribution < -0.4 is 10.6 Å².